The highest BCUT2D eigenvalue weighted by Gasteiger charge is 2.26. The van der Waals surface area contributed by atoms with Crippen molar-refractivity contribution in [3.05, 3.63) is 42.1 Å². The van der Waals surface area contributed by atoms with E-state index >= 15 is 0 Å². The Bertz CT molecular complexity index is 354. The normalized spacial score (nSPS) is 19.6. The van der Waals surface area contributed by atoms with Crippen LogP contribution in [0.3, 0.4) is 0 Å². The molecule has 0 spiro atoms. The predicted molar refractivity (Wildman–Crippen MR) is 61.6 cm³/mol. The SMILES string of the molecule is C=C(C)N1CC(CC)c2ccccc21. The van der Waals surface area contributed by atoms with Crippen molar-refractivity contribution in [2.24, 2.45) is 0 Å². The molecule has 0 aromatic heterocycles. The van der Waals surface area contributed by atoms with Gasteiger partial charge < -0.3 is 4.90 Å². The second-order valence-corrected chi connectivity index (χ2v) is 4.01. The minimum atomic E-state index is 0.683. The third kappa shape index (κ3) is 1.33. The van der Waals surface area contributed by atoms with Crippen LogP contribution in [0.2, 0.25) is 0 Å². The van der Waals surface area contributed by atoms with Gasteiger partial charge in [0.05, 0.1) is 0 Å². The standard InChI is InChI=1S/C13H17N/c1-4-11-9-14(10(2)3)13-8-6-5-7-12(11)13/h5-8,11H,2,4,9H2,1,3H3. The molecule has 0 aliphatic carbocycles. The van der Waals surface area contributed by atoms with Gasteiger partial charge in [-0.3, -0.25) is 0 Å². The van der Waals surface area contributed by atoms with Crippen LogP contribution in [0.5, 0.6) is 0 Å². The molecule has 0 fully saturated rings. The third-order valence-corrected chi connectivity index (χ3v) is 3.02. The van der Waals surface area contributed by atoms with Crippen LogP contribution in [0.4, 0.5) is 5.69 Å². The number of hydrogen-bond acceptors (Lipinski definition) is 1. The van der Waals surface area contributed by atoms with Crippen LogP contribution >= 0.6 is 0 Å². The molecule has 1 aliphatic heterocycles. The average molecular weight is 187 g/mol. The van der Waals surface area contributed by atoms with E-state index in [4.69, 9.17) is 0 Å². The molecule has 1 atom stereocenters. The van der Waals surface area contributed by atoms with Crippen LogP contribution in [0.15, 0.2) is 36.5 Å². The average Bonchev–Trinajstić information content (AvgIpc) is 2.56. The highest BCUT2D eigenvalue weighted by Crippen LogP contribution is 2.39. The first kappa shape index (κ1) is 9.32. The van der Waals surface area contributed by atoms with Crippen LogP contribution in [0.25, 0.3) is 0 Å². The monoisotopic (exact) mass is 187 g/mol. The topological polar surface area (TPSA) is 3.24 Å². The number of rotatable bonds is 2. The molecule has 2 rings (SSSR count). The van der Waals surface area contributed by atoms with Gasteiger partial charge in [0.1, 0.15) is 0 Å². The summed E-state index contributed by atoms with van der Waals surface area (Å²) in [5.41, 5.74) is 3.98. The molecule has 1 aromatic carbocycles. The molecule has 0 radical (unpaired) electrons. The maximum absolute atomic E-state index is 4.03. The molecule has 1 unspecified atom stereocenters. The molecular formula is C13H17N. The second kappa shape index (κ2) is 3.49. The lowest BCUT2D eigenvalue weighted by molar-refractivity contribution is 0.696. The summed E-state index contributed by atoms with van der Waals surface area (Å²) >= 11 is 0. The van der Waals surface area contributed by atoms with E-state index in [9.17, 15) is 0 Å². The van der Waals surface area contributed by atoms with E-state index in [1.165, 1.54) is 17.7 Å². The van der Waals surface area contributed by atoms with Gasteiger partial charge in [0.25, 0.3) is 0 Å². The fourth-order valence-electron chi connectivity index (χ4n) is 2.21. The van der Waals surface area contributed by atoms with Gasteiger partial charge >= 0.3 is 0 Å². The van der Waals surface area contributed by atoms with Crippen molar-refractivity contribution in [3.63, 3.8) is 0 Å². The van der Waals surface area contributed by atoms with Crippen molar-refractivity contribution in [2.75, 3.05) is 11.4 Å². The molecule has 1 heterocycles. The van der Waals surface area contributed by atoms with Crippen LogP contribution in [-0.2, 0) is 0 Å². The Morgan fingerprint density at radius 2 is 2.21 bits per heavy atom. The molecule has 0 saturated heterocycles. The van der Waals surface area contributed by atoms with Crippen molar-refractivity contribution in [1.82, 2.24) is 0 Å². The number of allylic oxidation sites excluding steroid dienone is 1. The van der Waals surface area contributed by atoms with Crippen molar-refractivity contribution in [2.45, 2.75) is 26.2 Å². The van der Waals surface area contributed by atoms with Gasteiger partial charge in [-0.15, -0.1) is 0 Å². The molecule has 0 N–H and O–H groups in total. The van der Waals surface area contributed by atoms with E-state index in [2.05, 4.69) is 49.6 Å². The Kier molecular flexibility index (Phi) is 2.32. The molecule has 74 valence electrons. The first-order valence-corrected chi connectivity index (χ1v) is 5.26. The van der Waals surface area contributed by atoms with Gasteiger partial charge in [0.2, 0.25) is 0 Å². The number of anilines is 1. The minimum Gasteiger partial charge on any atom is -0.345 e. The highest BCUT2D eigenvalue weighted by atomic mass is 15.2. The number of fused-ring (bicyclic) bond motifs is 1. The smallest absolute Gasteiger partial charge is 0.0444 e. The summed E-state index contributed by atoms with van der Waals surface area (Å²) in [6.45, 7) is 9.46. The molecule has 1 aliphatic rings. The Morgan fingerprint density at radius 1 is 1.50 bits per heavy atom. The zero-order valence-corrected chi connectivity index (χ0v) is 8.96. The molecule has 14 heavy (non-hydrogen) atoms. The van der Waals surface area contributed by atoms with Crippen LogP contribution < -0.4 is 4.90 Å². The zero-order valence-electron chi connectivity index (χ0n) is 8.96. The van der Waals surface area contributed by atoms with E-state index in [-0.39, 0.29) is 0 Å². The largest absolute Gasteiger partial charge is 0.345 e. The summed E-state index contributed by atoms with van der Waals surface area (Å²) < 4.78 is 0. The molecule has 0 saturated carbocycles. The Morgan fingerprint density at radius 3 is 2.86 bits per heavy atom. The summed E-state index contributed by atoms with van der Waals surface area (Å²) in [5.74, 6) is 0.683. The zero-order chi connectivity index (χ0) is 10.1. The summed E-state index contributed by atoms with van der Waals surface area (Å²) in [5, 5.41) is 0. The molecular weight excluding hydrogens is 170 g/mol. The quantitative estimate of drug-likeness (QED) is 0.684. The number of benzene rings is 1. The number of hydrogen-bond donors (Lipinski definition) is 0. The van der Waals surface area contributed by atoms with E-state index in [1.54, 1.807) is 0 Å². The fourth-order valence-corrected chi connectivity index (χ4v) is 2.21. The molecule has 1 aromatic rings. The van der Waals surface area contributed by atoms with Crippen molar-refractivity contribution in [1.29, 1.82) is 0 Å². The highest BCUT2D eigenvalue weighted by molar-refractivity contribution is 5.63. The lowest BCUT2D eigenvalue weighted by atomic mass is 9.99. The predicted octanol–water partition coefficient (Wildman–Crippen LogP) is 3.53. The minimum absolute atomic E-state index is 0.683. The number of nitrogens with zero attached hydrogens (tertiary/aromatic N) is 1. The molecule has 0 bridgehead atoms. The fraction of sp³-hybridized carbons (Fsp3) is 0.385. The molecule has 1 heteroatoms. The first-order chi connectivity index (χ1) is 6.74. The van der Waals surface area contributed by atoms with Gasteiger partial charge in [-0.2, -0.15) is 0 Å². The van der Waals surface area contributed by atoms with E-state index in [0.29, 0.717) is 5.92 Å². The molecule has 0 amide bonds. The molecule has 1 nitrogen and oxygen atoms in total. The van der Waals surface area contributed by atoms with Crippen LogP contribution in [0, 0.1) is 0 Å². The Hall–Kier alpha value is -1.24. The summed E-state index contributed by atoms with van der Waals surface area (Å²) in [7, 11) is 0. The maximum Gasteiger partial charge on any atom is 0.0444 e. The van der Waals surface area contributed by atoms with E-state index in [0.717, 1.165) is 12.2 Å². The second-order valence-electron chi connectivity index (χ2n) is 4.01. The van der Waals surface area contributed by atoms with Crippen molar-refractivity contribution in [3.8, 4) is 0 Å². The number of para-hydroxylation sites is 1. The Balaban J connectivity index is 2.43. The van der Waals surface area contributed by atoms with Gasteiger partial charge in [-0.25, -0.2) is 0 Å². The summed E-state index contributed by atoms with van der Waals surface area (Å²) in [4.78, 5) is 2.32. The maximum atomic E-state index is 4.03. The van der Waals surface area contributed by atoms with Crippen LogP contribution in [0.1, 0.15) is 31.7 Å². The van der Waals surface area contributed by atoms with E-state index in [1.807, 2.05) is 0 Å². The van der Waals surface area contributed by atoms with Gasteiger partial charge in [-0.05, 0) is 25.0 Å². The van der Waals surface area contributed by atoms with E-state index < -0.39 is 0 Å². The van der Waals surface area contributed by atoms with Gasteiger partial charge in [0, 0.05) is 23.8 Å². The lowest BCUT2D eigenvalue weighted by Gasteiger charge is -2.19. The summed E-state index contributed by atoms with van der Waals surface area (Å²) in [6, 6.07) is 8.67. The first-order valence-electron chi connectivity index (χ1n) is 5.26. The summed E-state index contributed by atoms with van der Waals surface area (Å²) in [6.07, 6.45) is 1.21. The lowest BCUT2D eigenvalue weighted by Crippen LogP contribution is -2.18. The van der Waals surface area contributed by atoms with Gasteiger partial charge in [0.15, 0.2) is 0 Å². The van der Waals surface area contributed by atoms with Crippen molar-refractivity contribution < 1.29 is 0 Å². The van der Waals surface area contributed by atoms with Crippen LogP contribution in [-0.4, -0.2) is 6.54 Å². The third-order valence-electron chi connectivity index (χ3n) is 3.02. The van der Waals surface area contributed by atoms with Crippen molar-refractivity contribution >= 4 is 5.69 Å². The Labute approximate surface area is 86.1 Å². The van der Waals surface area contributed by atoms with Gasteiger partial charge in [-0.1, -0.05) is 31.7 Å².